The van der Waals surface area contributed by atoms with E-state index in [0.29, 0.717) is 11.4 Å². The fourth-order valence-corrected chi connectivity index (χ4v) is 2.60. The average Bonchev–Trinajstić information content (AvgIpc) is 2.62. The van der Waals surface area contributed by atoms with Gasteiger partial charge in [-0.05, 0) is 73.5 Å². The molecule has 0 amide bonds. The van der Waals surface area contributed by atoms with Crippen molar-refractivity contribution in [2.75, 3.05) is 7.11 Å². The zero-order chi connectivity index (χ0) is 17.8. The molecule has 2 aromatic heterocycles. The Morgan fingerprint density at radius 1 is 0.960 bits per heavy atom. The van der Waals surface area contributed by atoms with Gasteiger partial charge >= 0.3 is 0 Å². The molecular formula is C20H19N3O2. The monoisotopic (exact) mass is 333 g/mol. The second-order valence-corrected chi connectivity index (χ2v) is 5.81. The summed E-state index contributed by atoms with van der Waals surface area (Å²) in [6.07, 6.45) is 1.76. The van der Waals surface area contributed by atoms with Crippen LogP contribution in [0.5, 0.6) is 5.75 Å². The van der Waals surface area contributed by atoms with Crippen molar-refractivity contribution < 1.29 is 9.94 Å². The lowest BCUT2D eigenvalue weighted by Crippen LogP contribution is -2.07. The Balaban J connectivity index is 2.06. The summed E-state index contributed by atoms with van der Waals surface area (Å²) >= 11 is 0. The molecule has 0 aliphatic heterocycles. The second kappa shape index (κ2) is 7.13. The van der Waals surface area contributed by atoms with Crippen LogP contribution in [0, 0.1) is 13.8 Å². The molecule has 3 rings (SSSR count). The molecule has 5 nitrogen and oxygen atoms in total. The molecule has 0 spiro atoms. The van der Waals surface area contributed by atoms with Crippen molar-refractivity contribution >= 4 is 5.71 Å². The van der Waals surface area contributed by atoms with Crippen molar-refractivity contribution in [3.8, 4) is 17.1 Å². The zero-order valence-electron chi connectivity index (χ0n) is 14.4. The number of nitrogens with zero attached hydrogens (tertiary/aromatic N) is 3. The van der Waals surface area contributed by atoms with Gasteiger partial charge in [0.1, 0.15) is 11.5 Å². The summed E-state index contributed by atoms with van der Waals surface area (Å²) in [5, 5.41) is 13.0. The van der Waals surface area contributed by atoms with Crippen LogP contribution >= 0.6 is 0 Å². The van der Waals surface area contributed by atoms with Gasteiger partial charge in [0.05, 0.1) is 24.2 Å². The lowest BCUT2D eigenvalue weighted by atomic mass is 10.0. The first-order chi connectivity index (χ1) is 12.1. The van der Waals surface area contributed by atoms with Crippen molar-refractivity contribution in [2.24, 2.45) is 5.16 Å². The van der Waals surface area contributed by atoms with Crippen LogP contribution in [-0.4, -0.2) is 28.0 Å². The van der Waals surface area contributed by atoms with Crippen LogP contribution < -0.4 is 4.74 Å². The molecule has 0 aliphatic carbocycles. The highest BCUT2D eigenvalue weighted by Gasteiger charge is 2.13. The minimum atomic E-state index is 0.403. The van der Waals surface area contributed by atoms with Crippen LogP contribution in [0.3, 0.4) is 0 Å². The highest BCUT2D eigenvalue weighted by molar-refractivity contribution is 6.11. The molecule has 0 saturated heterocycles. The van der Waals surface area contributed by atoms with Gasteiger partial charge < -0.3 is 9.94 Å². The van der Waals surface area contributed by atoms with Gasteiger partial charge in [-0.15, -0.1) is 0 Å². The van der Waals surface area contributed by atoms with Crippen LogP contribution in [0.2, 0.25) is 0 Å². The molecule has 5 heteroatoms. The van der Waals surface area contributed by atoms with E-state index < -0.39 is 0 Å². The molecule has 1 N–H and O–H groups in total. The molecule has 126 valence electrons. The van der Waals surface area contributed by atoms with Crippen LogP contribution in [-0.2, 0) is 0 Å². The Morgan fingerprint density at radius 2 is 1.68 bits per heavy atom. The maximum absolute atomic E-state index is 9.56. The number of oxime groups is 1. The van der Waals surface area contributed by atoms with Gasteiger partial charge in [0.2, 0.25) is 0 Å². The number of hydrogen-bond acceptors (Lipinski definition) is 5. The third kappa shape index (κ3) is 3.66. The zero-order valence-corrected chi connectivity index (χ0v) is 14.4. The third-order valence-electron chi connectivity index (χ3n) is 3.85. The predicted molar refractivity (Wildman–Crippen MR) is 97.4 cm³/mol. The average molecular weight is 333 g/mol. The topological polar surface area (TPSA) is 67.6 Å². The van der Waals surface area contributed by atoms with E-state index in [9.17, 15) is 5.21 Å². The second-order valence-electron chi connectivity index (χ2n) is 5.81. The number of aromatic nitrogens is 2. The van der Waals surface area contributed by atoms with Crippen LogP contribution in [0.1, 0.15) is 22.4 Å². The van der Waals surface area contributed by atoms with Crippen molar-refractivity contribution in [2.45, 2.75) is 13.8 Å². The molecular weight excluding hydrogens is 314 g/mol. The maximum atomic E-state index is 9.56. The van der Waals surface area contributed by atoms with Gasteiger partial charge in [0.15, 0.2) is 0 Å². The molecule has 0 bridgehead atoms. The van der Waals surface area contributed by atoms with Crippen molar-refractivity contribution in [3.05, 3.63) is 77.1 Å². The molecule has 0 fully saturated rings. The van der Waals surface area contributed by atoms with Crippen molar-refractivity contribution in [3.63, 3.8) is 0 Å². The first-order valence-corrected chi connectivity index (χ1v) is 7.89. The Kier molecular flexibility index (Phi) is 4.75. The lowest BCUT2D eigenvalue weighted by Gasteiger charge is -2.09. The molecule has 0 radical (unpaired) electrons. The number of ether oxygens (including phenoxy) is 1. The molecule has 25 heavy (non-hydrogen) atoms. The van der Waals surface area contributed by atoms with Gasteiger partial charge in [-0.2, -0.15) is 0 Å². The first-order valence-electron chi connectivity index (χ1n) is 7.89. The minimum Gasteiger partial charge on any atom is -0.497 e. The summed E-state index contributed by atoms with van der Waals surface area (Å²) in [4.78, 5) is 9.04. The Hall–Kier alpha value is -3.21. The van der Waals surface area contributed by atoms with Crippen LogP contribution in [0.25, 0.3) is 11.4 Å². The smallest absolute Gasteiger partial charge is 0.135 e. The fourth-order valence-electron chi connectivity index (χ4n) is 2.60. The number of benzene rings is 1. The van der Waals surface area contributed by atoms with E-state index in [4.69, 9.17) is 4.74 Å². The first kappa shape index (κ1) is 16.6. The number of pyridine rings is 2. The molecule has 0 saturated carbocycles. The number of methoxy groups -OCH3 is 1. The number of aryl methyl sites for hydroxylation is 2. The van der Waals surface area contributed by atoms with E-state index in [1.54, 1.807) is 13.3 Å². The van der Waals surface area contributed by atoms with Gasteiger partial charge in [-0.3, -0.25) is 4.98 Å². The van der Waals surface area contributed by atoms with E-state index in [1.165, 1.54) is 0 Å². The quantitative estimate of drug-likeness (QED) is 0.445. The largest absolute Gasteiger partial charge is 0.497 e. The van der Waals surface area contributed by atoms with Gasteiger partial charge in [-0.1, -0.05) is 5.16 Å². The Labute approximate surface area is 146 Å². The summed E-state index contributed by atoms with van der Waals surface area (Å²) in [5.74, 6) is 0.739. The molecule has 3 aromatic rings. The van der Waals surface area contributed by atoms with E-state index in [-0.39, 0.29) is 0 Å². The van der Waals surface area contributed by atoms with E-state index in [1.807, 2.05) is 62.4 Å². The highest BCUT2D eigenvalue weighted by atomic mass is 16.5. The summed E-state index contributed by atoms with van der Waals surface area (Å²) < 4.78 is 5.17. The predicted octanol–water partition coefficient (Wildman–Crippen LogP) is 4.00. The standard InChI is InChI=1S/C20H19N3O2/c1-13-8-9-21-17(10-13)18-11-14(2)12-19(22-18)20(23-24)15-4-6-16(25-3)7-5-15/h4-12,24H,1-3H3/b23-20-. The molecule has 1 aromatic carbocycles. The maximum Gasteiger partial charge on any atom is 0.135 e. The Bertz CT molecular complexity index is 918. The lowest BCUT2D eigenvalue weighted by molar-refractivity contribution is 0.319. The highest BCUT2D eigenvalue weighted by Crippen LogP contribution is 2.21. The summed E-state index contributed by atoms with van der Waals surface area (Å²) in [6, 6.07) is 15.1. The minimum absolute atomic E-state index is 0.403. The van der Waals surface area contributed by atoms with Gasteiger partial charge in [-0.25, -0.2) is 4.98 Å². The molecule has 0 aliphatic rings. The normalized spacial score (nSPS) is 11.4. The molecule has 2 heterocycles. The molecule has 0 atom stereocenters. The SMILES string of the molecule is COc1ccc(/C(=N/O)c2cc(C)cc(-c3cc(C)ccn3)n2)cc1. The van der Waals surface area contributed by atoms with Crippen LogP contribution in [0.4, 0.5) is 0 Å². The fraction of sp³-hybridized carbons (Fsp3) is 0.150. The summed E-state index contributed by atoms with van der Waals surface area (Å²) in [7, 11) is 1.61. The van der Waals surface area contributed by atoms with Crippen LogP contribution in [0.15, 0.2) is 59.9 Å². The van der Waals surface area contributed by atoms with Gasteiger partial charge in [0.25, 0.3) is 0 Å². The Morgan fingerprint density at radius 3 is 2.32 bits per heavy atom. The summed E-state index contributed by atoms with van der Waals surface area (Å²) in [5.41, 5.74) is 5.40. The van der Waals surface area contributed by atoms with E-state index in [0.717, 1.165) is 33.8 Å². The number of rotatable bonds is 4. The third-order valence-corrected chi connectivity index (χ3v) is 3.85. The van der Waals surface area contributed by atoms with E-state index in [2.05, 4.69) is 15.1 Å². The number of hydrogen-bond donors (Lipinski definition) is 1. The summed E-state index contributed by atoms with van der Waals surface area (Å²) in [6.45, 7) is 3.99. The molecule has 0 unspecified atom stereocenters. The van der Waals surface area contributed by atoms with E-state index >= 15 is 0 Å². The van der Waals surface area contributed by atoms with Crippen molar-refractivity contribution in [1.29, 1.82) is 0 Å². The van der Waals surface area contributed by atoms with Gasteiger partial charge in [0, 0.05) is 11.8 Å². The van der Waals surface area contributed by atoms with Crippen molar-refractivity contribution in [1.82, 2.24) is 9.97 Å².